The van der Waals surface area contributed by atoms with Crippen LogP contribution in [0.5, 0.6) is 0 Å². The summed E-state index contributed by atoms with van der Waals surface area (Å²) >= 11 is 3.32. The topological polar surface area (TPSA) is 72.2 Å². The number of hydrogen-bond acceptors (Lipinski definition) is 3. The second-order valence-electron chi connectivity index (χ2n) is 6.04. The fraction of sp³-hybridized carbons (Fsp3) is 0.600. The van der Waals surface area contributed by atoms with Crippen molar-refractivity contribution in [1.82, 2.24) is 4.72 Å². The molecule has 0 aliphatic heterocycles. The van der Waals surface area contributed by atoms with Gasteiger partial charge in [0.15, 0.2) is 0 Å². The second-order valence-corrected chi connectivity index (χ2v) is 8.62. The minimum atomic E-state index is -3.53. The summed E-state index contributed by atoms with van der Waals surface area (Å²) < 4.78 is 28.2. The Morgan fingerprint density at radius 1 is 1.24 bits per heavy atom. The van der Waals surface area contributed by atoms with Crippen LogP contribution >= 0.6 is 15.9 Å². The first-order chi connectivity index (χ1) is 9.82. The van der Waals surface area contributed by atoms with Crippen LogP contribution in [0.4, 0.5) is 0 Å². The summed E-state index contributed by atoms with van der Waals surface area (Å²) in [5, 5.41) is 0. The summed E-state index contributed by atoms with van der Waals surface area (Å²) in [4.78, 5) is 0.269. The first-order valence-electron chi connectivity index (χ1n) is 7.37. The van der Waals surface area contributed by atoms with E-state index in [0.29, 0.717) is 11.0 Å². The van der Waals surface area contributed by atoms with Crippen LogP contribution in [0.25, 0.3) is 0 Å². The zero-order chi connectivity index (χ0) is 15.5. The molecule has 1 saturated carbocycles. The largest absolute Gasteiger partial charge is 0.324 e. The molecule has 6 heteroatoms. The standard InChI is InChI=1S/C15H23BrN2O2S/c1-12-6-7-14(13(16)10-12)21(19,20)18-11-15(17)8-4-2-3-5-9-15/h6-7,10,18H,2-5,8-9,11,17H2,1H3. The Labute approximate surface area is 135 Å². The molecule has 0 heterocycles. The van der Waals surface area contributed by atoms with E-state index in [1.165, 1.54) is 12.8 Å². The molecule has 1 aromatic carbocycles. The van der Waals surface area contributed by atoms with Crippen molar-refractivity contribution in [1.29, 1.82) is 0 Å². The normalized spacial score (nSPS) is 19.2. The van der Waals surface area contributed by atoms with E-state index in [1.807, 2.05) is 6.92 Å². The lowest BCUT2D eigenvalue weighted by atomic mass is 9.92. The molecule has 2 rings (SSSR count). The van der Waals surface area contributed by atoms with Crippen LogP contribution < -0.4 is 10.5 Å². The van der Waals surface area contributed by atoms with Crippen molar-refractivity contribution in [2.75, 3.05) is 6.54 Å². The smallest absolute Gasteiger partial charge is 0.241 e. The van der Waals surface area contributed by atoms with Crippen LogP contribution in [-0.2, 0) is 10.0 Å². The molecule has 0 unspecified atom stereocenters. The van der Waals surface area contributed by atoms with Gasteiger partial charge in [0, 0.05) is 16.6 Å². The van der Waals surface area contributed by atoms with Gasteiger partial charge in [0.05, 0.1) is 4.90 Å². The average Bonchev–Trinajstić information content (AvgIpc) is 2.62. The molecule has 118 valence electrons. The number of hydrogen-bond donors (Lipinski definition) is 2. The quantitative estimate of drug-likeness (QED) is 0.795. The van der Waals surface area contributed by atoms with Crippen LogP contribution in [0.15, 0.2) is 27.6 Å². The summed E-state index contributed by atoms with van der Waals surface area (Å²) in [5.74, 6) is 0. The van der Waals surface area contributed by atoms with Crippen LogP contribution in [0, 0.1) is 6.92 Å². The van der Waals surface area contributed by atoms with Crippen molar-refractivity contribution in [3.63, 3.8) is 0 Å². The van der Waals surface area contributed by atoms with Gasteiger partial charge in [-0.2, -0.15) is 0 Å². The number of rotatable bonds is 4. The Balaban J connectivity index is 2.10. The van der Waals surface area contributed by atoms with Crippen LogP contribution in [0.3, 0.4) is 0 Å². The fourth-order valence-electron chi connectivity index (χ4n) is 2.75. The van der Waals surface area contributed by atoms with E-state index in [4.69, 9.17) is 5.73 Å². The number of nitrogens with two attached hydrogens (primary N) is 1. The summed E-state index contributed by atoms with van der Waals surface area (Å²) in [6, 6.07) is 5.22. The van der Waals surface area contributed by atoms with Gasteiger partial charge in [-0.1, -0.05) is 31.7 Å². The lowest BCUT2D eigenvalue weighted by Gasteiger charge is -2.28. The van der Waals surface area contributed by atoms with Gasteiger partial charge in [-0.25, -0.2) is 13.1 Å². The molecule has 0 spiro atoms. The van der Waals surface area contributed by atoms with E-state index in [2.05, 4.69) is 20.7 Å². The molecule has 21 heavy (non-hydrogen) atoms. The lowest BCUT2D eigenvalue weighted by molar-refractivity contribution is 0.369. The predicted octanol–water partition coefficient (Wildman–Crippen LogP) is 3.09. The van der Waals surface area contributed by atoms with Crippen molar-refractivity contribution in [3.8, 4) is 0 Å². The number of benzene rings is 1. The fourth-order valence-corrected chi connectivity index (χ4v) is 5.08. The average molecular weight is 375 g/mol. The van der Waals surface area contributed by atoms with Gasteiger partial charge in [-0.3, -0.25) is 0 Å². The molecular weight excluding hydrogens is 352 g/mol. The predicted molar refractivity (Wildman–Crippen MR) is 88.7 cm³/mol. The highest BCUT2D eigenvalue weighted by Crippen LogP contribution is 2.26. The second kappa shape index (κ2) is 6.77. The van der Waals surface area contributed by atoms with Crippen molar-refractivity contribution in [2.24, 2.45) is 5.73 Å². The molecule has 1 aromatic rings. The third-order valence-corrected chi connectivity index (χ3v) is 6.47. The van der Waals surface area contributed by atoms with Gasteiger partial charge in [0.25, 0.3) is 0 Å². The number of aryl methyl sites for hydroxylation is 1. The van der Waals surface area contributed by atoms with Crippen LogP contribution in [0.1, 0.15) is 44.1 Å². The third-order valence-electron chi connectivity index (χ3n) is 4.09. The van der Waals surface area contributed by atoms with Crippen molar-refractivity contribution < 1.29 is 8.42 Å². The number of sulfonamides is 1. The SMILES string of the molecule is Cc1ccc(S(=O)(=O)NCC2(N)CCCCCC2)c(Br)c1. The maximum Gasteiger partial charge on any atom is 0.241 e. The Bertz CT molecular complexity index is 594. The molecule has 0 aromatic heterocycles. The maximum absolute atomic E-state index is 12.4. The molecule has 0 atom stereocenters. The number of halogens is 1. The van der Waals surface area contributed by atoms with Gasteiger partial charge in [-0.05, 0) is 53.4 Å². The molecular formula is C15H23BrN2O2S. The minimum Gasteiger partial charge on any atom is -0.324 e. The van der Waals surface area contributed by atoms with Crippen LogP contribution in [-0.4, -0.2) is 20.5 Å². The first kappa shape index (κ1) is 16.9. The Hall–Kier alpha value is -0.430. The zero-order valence-corrected chi connectivity index (χ0v) is 14.8. The molecule has 0 radical (unpaired) electrons. The molecule has 3 N–H and O–H groups in total. The molecule has 4 nitrogen and oxygen atoms in total. The third kappa shape index (κ3) is 4.52. The van der Waals surface area contributed by atoms with E-state index in [9.17, 15) is 8.42 Å². The monoisotopic (exact) mass is 374 g/mol. The van der Waals surface area contributed by atoms with E-state index >= 15 is 0 Å². The van der Waals surface area contributed by atoms with E-state index in [-0.39, 0.29) is 4.90 Å². The highest BCUT2D eigenvalue weighted by atomic mass is 79.9. The van der Waals surface area contributed by atoms with Gasteiger partial charge < -0.3 is 5.73 Å². The van der Waals surface area contributed by atoms with Gasteiger partial charge >= 0.3 is 0 Å². The Morgan fingerprint density at radius 2 is 1.86 bits per heavy atom. The molecule has 1 fully saturated rings. The van der Waals surface area contributed by atoms with Gasteiger partial charge in [-0.15, -0.1) is 0 Å². The van der Waals surface area contributed by atoms with Crippen LogP contribution in [0.2, 0.25) is 0 Å². The summed E-state index contributed by atoms with van der Waals surface area (Å²) in [5.41, 5.74) is 6.97. The minimum absolute atomic E-state index is 0.269. The lowest BCUT2D eigenvalue weighted by Crippen LogP contribution is -2.49. The zero-order valence-electron chi connectivity index (χ0n) is 12.4. The summed E-state index contributed by atoms with van der Waals surface area (Å²) in [7, 11) is -3.53. The Morgan fingerprint density at radius 3 is 2.43 bits per heavy atom. The van der Waals surface area contributed by atoms with Crippen molar-refractivity contribution >= 4 is 26.0 Å². The highest BCUT2D eigenvalue weighted by Gasteiger charge is 2.28. The van der Waals surface area contributed by atoms with E-state index in [1.54, 1.807) is 18.2 Å². The molecule has 0 saturated heterocycles. The van der Waals surface area contributed by atoms with E-state index < -0.39 is 15.6 Å². The van der Waals surface area contributed by atoms with E-state index in [0.717, 1.165) is 31.2 Å². The molecule has 0 bridgehead atoms. The molecule has 1 aliphatic carbocycles. The van der Waals surface area contributed by atoms with Crippen molar-refractivity contribution in [3.05, 3.63) is 28.2 Å². The summed E-state index contributed by atoms with van der Waals surface area (Å²) in [6.07, 6.45) is 6.29. The molecule has 0 amide bonds. The van der Waals surface area contributed by atoms with Crippen molar-refractivity contribution in [2.45, 2.75) is 55.9 Å². The Kier molecular flexibility index (Phi) is 5.46. The summed E-state index contributed by atoms with van der Waals surface area (Å²) in [6.45, 7) is 2.23. The highest BCUT2D eigenvalue weighted by molar-refractivity contribution is 9.10. The van der Waals surface area contributed by atoms with Gasteiger partial charge in [0.1, 0.15) is 0 Å². The number of nitrogens with one attached hydrogen (secondary N) is 1. The molecule has 1 aliphatic rings. The van der Waals surface area contributed by atoms with Gasteiger partial charge in [0.2, 0.25) is 10.0 Å². The maximum atomic E-state index is 12.4. The first-order valence-corrected chi connectivity index (χ1v) is 9.65.